The fourth-order valence-corrected chi connectivity index (χ4v) is 6.80. The van der Waals surface area contributed by atoms with Crippen LogP contribution in [0.5, 0.6) is 17.2 Å². The second-order valence-corrected chi connectivity index (χ2v) is 12.6. The van der Waals surface area contributed by atoms with E-state index in [0.29, 0.717) is 61.2 Å². The van der Waals surface area contributed by atoms with E-state index in [1.807, 2.05) is 0 Å². The van der Waals surface area contributed by atoms with Crippen LogP contribution < -0.4 is 14.2 Å². The molecule has 42 heavy (non-hydrogen) atoms. The number of rotatable bonds is 4. The summed E-state index contributed by atoms with van der Waals surface area (Å²) in [6.07, 6.45) is 7.27. The van der Waals surface area contributed by atoms with Crippen molar-refractivity contribution in [3.8, 4) is 17.2 Å². The van der Waals surface area contributed by atoms with Gasteiger partial charge in [-0.1, -0.05) is 6.92 Å². The van der Waals surface area contributed by atoms with Crippen molar-refractivity contribution in [2.45, 2.75) is 76.2 Å². The molecule has 3 aliphatic rings. The zero-order valence-corrected chi connectivity index (χ0v) is 26.4. The molecule has 1 aromatic carbocycles. The Morgan fingerprint density at radius 3 is 2.36 bits per heavy atom. The molecule has 1 aromatic rings. The third kappa shape index (κ3) is 9.64. The highest BCUT2D eigenvalue weighted by atomic mass is 35.5. The highest BCUT2D eigenvalue weighted by Crippen LogP contribution is 2.39. The predicted octanol–water partition coefficient (Wildman–Crippen LogP) is 5.17. The lowest BCUT2D eigenvalue weighted by atomic mass is 9.99. The number of cyclic esters (lactones) is 1. The van der Waals surface area contributed by atoms with Crippen LogP contribution in [0.25, 0.3) is 0 Å². The summed E-state index contributed by atoms with van der Waals surface area (Å²) in [4.78, 5) is 31.2. The molecule has 236 valence electrons. The van der Waals surface area contributed by atoms with Crippen LogP contribution in [0.1, 0.15) is 75.1 Å². The Morgan fingerprint density at radius 1 is 0.857 bits per heavy atom. The molecule has 1 saturated heterocycles. The molecule has 4 rings (SSSR count). The smallest absolute Gasteiger partial charge is 0.338 e. The third-order valence-electron chi connectivity index (χ3n) is 8.73. The average molecular weight is 609 g/mol. The quantitative estimate of drug-likeness (QED) is 0.261. The molecule has 0 aromatic heterocycles. The van der Waals surface area contributed by atoms with Crippen molar-refractivity contribution in [2.75, 3.05) is 66.7 Å². The number of benzene rings is 1. The normalized spacial score (nSPS) is 30.2. The van der Waals surface area contributed by atoms with Gasteiger partial charge < -0.3 is 33.5 Å². The van der Waals surface area contributed by atoms with Crippen LogP contribution in [0.4, 0.5) is 0 Å². The first-order valence-electron chi connectivity index (χ1n) is 15.7. The highest BCUT2D eigenvalue weighted by Gasteiger charge is 2.30. The summed E-state index contributed by atoms with van der Waals surface area (Å²) in [5.41, 5.74) is 0.355. The number of fused-ring (bicyclic) bond motifs is 5. The van der Waals surface area contributed by atoms with Gasteiger partial charge in [0.1, 0.15) is 6.10 Å². The lowest BCUT2D eigenvalue weighted by Gasteiger charge is -2.26. The molecule has 6 unspecified atom stereocenters. The van der Waals surface area contributed by atoms with Crippen molar-refractivity contribution in [3.63, 3.8) is 0 Å². The predicted molar refractivity (Wildman–Crippen MR) is 162 cm³/mol. The standard InChI is InChI=1S/C32H49ClN2O7/c1-23-8-9-24(20-26(33)19-23)32(37)42-27-7-4-17-40-29-22-25(21-28(38-2)30(29)39-3)31(36)41-18-6-13-34-11-5-12-35(14-10-27)16-15-34/h21-24,26-27H,4-20H2,1-3H3. The number of carbonyl (C=O) groups excluding carboxylic acids is 2. The summed E-state index contributed by atoms with van der Waals surface area (Å²) in [5.74, 6) is 1.11. The molecule has 4 bridgehead atoms. The molecule has 1 saturated carbocycles. The van der Waals surface area contributed by atoms with Crippen LogP contribution in [0.15, 0.2) is 12.1 Å². The minimum atomic E-state index is -0.417. The highest BCUT2D eigenvalue weighted by molar-refractivity contribution is 6.20. The van der Waals surface area contributed by atoms with Gasteiger partial charge in [0.25, 0.3) is 0 Å². The Labute approximate surface area is 256 Å². The molecule has 0 spiro atoms. The van der Waals surface area contributed by atoms with Crippen molar-refractivity contribution in [3.05, 3.63) is 17.7 Å². The van der Waals surface area contributed by atoms with Gasteiger partial charge in [0, 0.05) is 31.6 Å². The minimum Gasteiger partial charge on any atom is -0.493 e. The number of nitrogens with zero attached hydrogens (tertiary/aromatic N) is 2. The summed E-state index contributed by atoms with van der Waals surface area (Å²) < 4.78 is 29.0. The number of methoxy groups -OCH3 is 2. The van der Waals surface area contributed by atoms with E-state index in [1.165, 1.54) is 7.11 Å². The molecule has 10 heteroatoms. The van der Waals surface area contributed by atoms with E-state index in [9.17, 15) is 9.59 Å². The van der Waals surface area contributed by atoms with E-state index in [-0.39, 0.29) is 23.4 Å². The van der Waals surface area contributed by atoms with Gasteiger partial charge in [-0.2, -0.15) is 0 Å². The Balaban J connectivity index is 1.48. The summed E-state index contributed by atoms with van der Waals surface area (Å²) >= 11 is 6.56. The monoisotopic (exact) mass is 608 g/mol. The van der Waals surface area contributed by atoms with Crippen LogP contribution in [0.2, 0.25) is 0 Å². The maximum Gasteiger partial charge on any atom is 0.338 e. The number of carbonyl (C=O) groups is 2. The number of hydrogen-bond donors (Lipinski definition) is 0. The van der Waals surface area contributed by atoms with Gasteiger partial charge in [-0.15, -0.1) is 11.6 Å². The van der Waals surface area contributed by atoms with Crippen LogP contribution in [-0.4, -0.2) is 99.9 Å². The first-order valence-corrected chi connectivity index (χ1v) is 16.1. The Hall–Kier alpha value is -2.23. The van der Waals surface area contributed by atoms with Gasteiger partial charge in [-0.05, 0) is 88.9 Å². The SMILES string of the molecule is COc1cc2cc(c1OC)OCCCC(OC(=O)C1CCC(C)CC(Cl)C1)CCN1CCCN(CCCOC2=O)CC1. The summed E-state index contributed by atoms with van der Waals surface area (Å²) in [5, 5.41) is 0.0167. The van der Waals surface area contributed by atoms with Crippen molar-refractivity contribution in [1.29, 1.82) is 0 Å². The number of halogens is 1. The topological polar surface area (TPSA) is 86.8 Å². The maximum atomic E-state index is 13.3. The van der Waals surface area contributed by atoms with E-state index >= 15 is 0 Å². The lowest BCUT2D eigenvalue weighted by molar-refractivity contribution is -0.155. The summed E-state index contributed by atoms with van der Waals surface area (Å²) in [7, 11) is 3.07. The number of alkyl halides is 1. The van der Waals surface area contributed by atoms with Crippen molar-refractivity contribution in [1.82, 2.24) is 9.80 Å². The van der Waals surface area contributed by atoms with Crippen molar-refractivity contribution >= 4 is 23.5 Å². The zero-order chi connectivity index (χ0) is 29.9. The molecule has 9 nitrogen and oxygen atoms in total. The second kappa shape index (κ2) is 16.6. The molecule has 2 heterocycles. The number of ether oxygens (including phenoxy) is 5. The first kappa shape index (κ1) is 32.7. The van der Waals surface area contributed by atoms with Gasteiger partial charge in [0.05, 0.1) is 38.9 Å². The molecule has 0 N–H and O–H groups in total. The molecular weight excluding hydrogens is 560 g/mol. The number of hydrogen-bond acceptors (Lipinski definition) is 9. The fourth-order valence-electron chi connectivity index (χ4n) is 6.28. The molecular formula is C32H49ClN2O7. The van der Waals surface area contributed by atoms with Gasteiger partial charge in [0.15, 0.2) is 11.5 Å². The van der Waals surface area contributed by atoms with E-state index in [1.54, 1.807) is 19.2 Å². The van der Waals surface area contributed by atoms with E-state index in [4.69, 9.17) is 35.3 Å². The Bertz CT molecular complexity index is 1020. The van der Waals surface area contributed by atoms with E-state index in [0.717, 1.165) is 77.8 Å². The molecule has 2 fully saturated rings. The Morgan fingerprint density at radius 2 is 1.60 bits per heavy atom. The minimum absolute atomic E-state index is 0.0167. The molecule has 0 radical (unpaired) electrons. The second-order valence-electron chi connectivity index (χ2n) is 12.0. The summed E-state index contributed by atoms with van der Waals surface area (Å²) in [6.45, 7) is 8.70. The van der Waals surface area contributed by atoms with Gasteiger partial charge in [-0.3, -0.25) is 4.79 Å². The summed E-state index contributed by atoms with van der Waals surface area (Å²) in [6, 6.07) is 3.27. The van der Waals surface area contributed by atoms with Crippen molar-refractivity contribution < 1.29 is 33.3 Å². The largest absolute Gasteiger partial charge is 0.493 e. The van der Waals surface area contributed by atoms with Crippen LogP contribution in [0.3, 0.4) is 0 Å². The lowest BCUT2D eigenvalue weighted by Crippen LogP contribution is -2.34. The van der Waals surface area contributed by atoms with Gasteiger partial charge >= 0.3 is 11.9 Å². The first-order chi connectivity index (χ1) is 20.4. The zero-order valence-electron chi connectivity index (χ0n) is 25.6. The van der Waals surface area contributed by atoms with Crippen LogP contribution in [-0.2, 0) is 14.3 Å². The van der Waals surface area contributed by atoms with E-state index < -0.39 is 5.97 Å². The molecule has 0 amide bonds. The van der Waals surface area contributed by atoms with Gasteiger partial charge in [0.2, 0.25) is 5.75 Å². The van der Waals surface area contributed by atoms with E-state index in [2.05, 4.69) is 16.7 Å². The van der Waals surface area contributed by atoms with Crippen LogP contribution >= 0.6 is 11.6 Å². The molecule has 2 aliphatic heterocycles. The van der Waals surface area contributed by atoms with Gasteiger partial charge in [-0.25, -0.2) is 4.79 Å². The Kier molecular flexibility index (Phi) is 12.9. The average Bonchev–Trinajstić information content (AvgIpc) is 3.31. The third-order valence-corrected chi connectivity index (χ3v) is 9.09. The van der Waals surface area contributed by atoms with Crippen molar-refractivity contribution in [2.24, 2.45) is 11.8 Å². The number of esters is 2. The molecule has 1 aliphatic carbocycles. The van der Waals surface area contributed by atoms with Crippen LogP contribution in [0, 0.1) is 11.8 Å². The fraction of sp³-hybridized carbons (Fsp3) is 0.750. The maximum absolute atomic E-state index is 13.3. The molecule has 6 atom stereocenters.